The third-order valence-corrected chi connectivity index (χ3v) is 6.26. The minimum absolute atomic E-state index is 0.172. The first-order valence-electron chi connectivity index (χ1n) is 11.2. The van der Waals surface area contributed by atoms with Gasteiger partial charge in [0.1, 0.15) is 6.04 Å². The van der Waals surface area contributed by atoms with Gasteiger partial charge in [-0.2, -0.15) is 0 Å². The molecule has 3 N–H and O–H groups in total. The number of hydrogen-bond donors (Lipinski definition) is 3. The number of nitrogens with zero attached hydrogens (tertiary/aromatic N) is 4. The molecule has 1 aliphatic rings. The van der Waals surface area contributed by atoms with Crippen LogP contribution in [0.4, 0.5) is 11.5 Å². The maximum Gasteiger partial charge on any atom is 0.325 e. The monoisotopic (exact) mass is 458 g/mol. The van der Waals surface area contributed by atoms with E-state index in [9.17, 15) is 14.7 Å². The molecule has 9 nitrogen and oxygen atoms in total. The summed E-state index contributed by atoms with van der Waals surface area (Å²) >= 11 is 0. The van der Waals surface area contributed by atoms with Gasteiger partial charge in [0.25, 0.3) is 0 Å². The van der Waals surface area contributed by atoms with Crippen LogP contribution in [0, 0.1) is 6.92 Å². The molecule has 2 aromatic carbocycles. The molecule has 3 heterocycles. The number of carbonyl (C=O) groups excluding carboxylic acids is 1. The van der Waals surface area contributed by atoms with E-state index in [0.29, 0.717) is 37.4 Å². The number of fused-ring (bicyclic) bond motifs is 2. The number of rotatable bonds is 5. The fourth-order valence-corrected chi connectivity index (χ4v) is 4.71. The largest absolute Gasteiger partial charge is 0.480 e. The quantitative estimate of drug-likeness (QED) is 0.420. The third-order valence-electron chi connectivity index (χ3n) is 6.26. The number of carboxylic acid groups (broad SMARTS) is 1. The standard InChI is InChI=1S/C25H26N6O3/c1-15-24(29-22-6-4-3-5-21(22)27-15)31-11-9-30(10-12-31)23(25(33)34)19-14-26-20-8-7-17(13-18(19)20)28-16(2)32/h3-8,13-14,23,26H,9-12H2,1-2H3,(H,28,32)(H,33,34)/t23-/m1/s1. The predicted molar refractivity (Wildman–Crippen MR) is 131 cm³/mol. The van der Waals surface area contributed by atoms with E-state index in [1.54, 1.807) is 12.3 Å². The number of amides is 1. The van der Waals surface area contributed by atoms with E-state index in [-0.39, 0.29) is 5.91 Å². The smallest absolute Gasteiger partial charge is 0.325 e. The normalized spacial score (nSPS) is 15.5. The average molecular weight is 459 g/mol. The van der Waals surface area contributed by atoms with Crippen LogP contribution >= 0.6 is 0 Å². The van der Waals surface area contributed by atoms with Crippen LogP contribution in [-0.4, -0.2) is 63.0 Å². The van der Waals surface area contributed by atoms with E-state index in [0.717, 1.165) is 33.4 Å². The summed E-state index contributed by atoms with van der Waals surface area (Å²) in [5.41, 5.74) is 4.74. The second-order valence-corrected chi connectivity index (χ2v) is 8.57. The Kier molecular flexibility index (Phi) is 5.62. The van der Waals surface area contributed by atoms with Crippen molar-refractivity contribution in [1.82, 2.24) is 19.9 Å². The molecule has 174 valence electrons. The summed E-state index contributed by atoms with van der Waals surface area (Å²) in [5, 5.41) is 13.7. The number of aliphatic carboxylic acids is 1. The molecule has 5 rings (SSSR count). The van der Waals surface area contributed by atoms with Crippen LogP contribution in [0.15, 0.2) is 48.7 Å². The number of aryl methyl sites for hydroxylation is 1. The maximum absolute atomic E-state index is 12.4. The first kappa shape index (κ1) is 21.8. The number of H-pyrrole nitrogens is 1. The van der Waals surface area contributed by atoms with Crippen molar-refractivity contribution in [3.8, 4) is 0 Å². The highest BCUT2D eigenvalue weighted by Gasteiger charge is 2.33. The molecule has 0 saturated carbocycles. The molecular weight excluding hydrogens is 432 g/mol. The number of aromatic nitrogens is 3. The number of nitrogens with one attached hydrogen (secondary N) is 2. The molecule has 1 aliphatic heterocycles. The predicted octanol–water partition coefficient (Wildman–Crippen LogP) is 3.33. The van der Waals surface area contributed by atoms with Gasteiger partial charge in [-0.15, -0.1) is 0 Å². The van der Waals surface area contributed by atoms with Crippen molar-refractivity contribution < 1.29 is 14.7 Å². The summed E-state index contributed by atoms with van der Waals surface area (Å²) in [6.45, 7) is 5.85. The lowest BCUT2D eigenvalue weighted by atomic mass is 10.0. The van der Waals surface area contributed by atoms with Gasteiger partial charge in [0.05, 0.1) is 16.7 Å². The Morgan fingerprint density at radius 2 is 1.76 bits per heavy atom. The van der Waals surface area contributed by atoms with Crippen molar-refractivity contribution in [2.24, 2.45) is 0 Å². The van der Waals surface area contributed by atoms with Crippen molar-refractivity contribution in [1.29, 1.82) is 0 Å². The van der Waals surface area contributed by atoms with Crippen LogP contribution in [0.3, 0.4) is 0 Å². The molecule has 0 spiro atoms. The molecule has 0 bridgehead atoms. The lowest BCUT2D eigenvalue weighted by molar-refractivity contribution is -0.143. The van der Waals surface area contributed by atoms with Crippen LogP contribution in [0.1, 0.15) is 24.2 Å². The lowest BCUT2D eigenvalue weighted by Gasteiger charge is -2.38. The highest BCUT2D eigenvalue weighted by Crippen LogP contribution is 2.32. The van der Waals surface area contributed by atoms with E-state index in [2.05, 4.69) is 15.2 Å². The molecule has 1 saturated heterocycles. The fraction of sp³-hybridized carbons (Fsp3) is 0.280. The van der Waals surface area contributed by atoms with Crippen molar-refractivity contribution in [2.75, 3.05) is 36.4 Å². The minimum Gasteiger partial charge on any atom is -0.480 e. The Labute approximate surface area is 196 Å². The summed E-state index contributed by atoms with van der Waals surface area (Å²) in [4.78, 5) is 40.7. The van der Waals surface area contributed by atoms with Gasteiger partial charge in [0.2, 0.25) is 5.91 Å². The zero-order valence-corrected chi connectivity index (χ0v) is 19.1. The van der Waals surface area contributed by atoms with Gasteiger partial charge in [-0.05, 0) is 37.3 Å². The van der Waals surface area contributed by atoms with Crippen LogP contribution < -0.4 is 10.2 Å². The molecule has 34 heavy (non-hydrogen) atoms. The van der Waals surface area contributed by atoms with Crippen LogP contribution in [-0.2, 0) is 9.59 Å². The number of para-hydroxylation sites is 2. The summed E-state index contributed by atoms with van der Waals surface area (Å²) in [6, 6.07) is 12.5. The van der Waals surface area contributed by atoms with Gasteiger partial charge in [-0.25, -0.2) is 9.97 Å². The number of benzene rings is 2. The summed E-state index contributed by atoms with van der Waals surface area (Å²) in [7, 11) is 0. The number of piperazine rings is 1. The maximum atomic E-state index is 12.4. The Bertz CT molecular complexity index is 1390. The fourth-order valence-electron chi connectivity index (χ4n) is 4.71. The average Bonchev–Trinajstić information content (AvgIpc) is 3.21. The molecule has 2 aromatic heterocycles. The van der Waals surface area contributed by atoms with E-state index in [4.69, 9.17) is 9.97 Å². The molecule has 1 atom stereocenters. The van der Waals surface area contributed by atoms with Crippen LogP contribution in [0.2, 0.25) is 0 Å². The van der Waals surface area contributed by atoms with E-state index < -0.39 is 12.0 Å². The number of hydrogen-bond acceptors (Lipinski definition) is 6. The molecule has 1 amide bonds. The van der Waals surface area contributed by atoms with Crippen molar-refractivity contribution in [3.63, 3.8) is 0 Å². The Morgan fingerprint density at radius 3 is 2.44 bits per heavy atom. The van der Waals surface area contributed by atoms with Crippen LogP contribution in [0.25, 0.3) is 21.9 Å². The molecule has 0 unspecified atom stereocenters. The van der Waals surface area contributed by atoms with Gasteiger partial charge in [0, 0.05) is 61.5 Å². The van der Waals surface area contributed by atoms with E-state index in [1.807, 2.05) is 48.2 Å². The first-order valence-corrected chi connectivity index (χ1v) is 11.2. The first-order chi connectivity index (χ1) is 16.4. The molecule has 0 aliphatic carbocycles. The number of anilines is 2. The molecule has 1 fully saturated rings. The highest BCUT2D eigenvalue weighted by atomic mass is 16.4. The number of carboxylic acids is 1. The van der Waals surface area contributed by atoms with Gasteiger partial charge in [-0.3, -0.25) is 14.5 Å². The molecular formula is C25H26N6O3. The third kappa shape index (κ3) is 4.06. The SMILES string of the molecule is CC(=O)Nc1ccc2[nH]cc([C@H](C(=O)O)N3CCN(c4nc5ccccc5nc4C)CC3)c2c1. The molecule has 9 heteroatoms. The summed E-state index contributed by atoms with van der Waals surface area (Å²) in [5.74, 6) is -0.229. The summed E-state index contributed by atoms with van der Waals surface area (Å²) < 4.78 is 0. The Balaban J connectivity index is 1.39. The van der Waals surface area contributed by atoms with Crippen molar-refractivity contribution in [2.45, 2.75) is 19.9 Å². The lowest BCUT2D eigenvalue weighted by Crippen LogP contribution is -2.49. The van der Waals surface area contributed by atoms with Gasteiger partial charge >= 0.3 is 5.97 Å². The second-order valence-electron chi connectivity index (χ2n) is 8.57. The van der Waals surface area contributed by atoms with E-state index >= 15 is 0 Å². The number of carbonyl (C=O) groups is 2. The van der Waals surface area contributed by atoms with Gasteiger partial charge in [-0.1, -0.05) is 12.1 Å². The highest BCUT2D eigenvalue weighted by molar-refractivity contribution is 5.95. The molecule has 4 aromatic rings. The summed E-state index contributed by atoms with van der Waals surface area (Å²) in [6.07, 6.45) is 1.76. The zero-order chi connectivity index (χ0) is 23.8. The Morgan fingerprint density at radius 1 is 1.06 bits per heavy atom. The van der Waals surface area contributed by atoms with E-state index in [1.165, 1.54) is 6.92 Å². The topological polar surface area (TPSA) is 114 Å². The second kappa shape index (κ2) is 8.75. The van der Waals surface area contributed by atoms with Crippen molar-refractivity contribution in [3.05, 3.63) is 59.9 Å². The number of aromatic amines is 1. The van der Waals surface area contributed by atoms with Gasteiger partial charge in [0.15, 0.2) is 5.82 Å². The van der Waals surface area contributed by atoms with Gasteiger partial charge < -0.3 is 20.3 Å². The van der Waals surface area contributed by atoms with Crippen molar-refractivity contribution >= 4 is 45.3 Å². The van der Waals surface area contributed by atoms with Crippen LogP contribution in [0.5, 0.6) is 0 Å². The zero-order valence-electron chi connectivity index (χ0n) is 19.1. The molecule has 0 radical (unpaired) electrons. The minimum atomic E-state index is -0.902. The Hall–Kier alpha value is -3.98.